The largest absolute Gasteiger partial charge is 0.376 e. The van der Waals surface area contributed by atoms with Crippen LogP contribution in [0.5, 0.6) is 0 Å². The van der Waals surface area contributed by atoms with Crippen molar-refractivity contribution in [2.45, 2.75) is 46.6 Å². The van der Waals surface area contributed by atoms with Crippen molar-refractivity contribution in [2.24, 2.45) is 7.05 Å². The van der Waals surface area contributed by atoms with Gasteiger partial charge >= 0.3 is 0 Å². The molecular weight excluding hydrogens is 246 g/mol. The van der Waals surface area contributed by atoms with E-state index in [-0.39, 0.29) is 6.04 Å². The van der Waals surface area contributed by atoms with Crippen LogP contribution < -0.4 is 5.32 Å². The molecule has 3 heteroatoms. The Balaban J connectivity index is 2.32. The Labute approximate surface area is 122 Å². The number of rotatable bonds is 4. The first kappa shape index (κ1) is 14.6. The molecule has 0 radical (unpaired) electrons. The second-order valence-corrected chi connectivity index (χ2v) is 5.93. The van der Waals surface area contributed by atoms with Crippen LogP contribution in [0, 0.1) is 13.8 Å². The van der Waals surface area contributed by atoms with Crippen molar-refractivity contribution in [1.29, 1.82) is 0 Å². The van der Waals surface area contributed by atoms with Crippen LogP contribution in [0.3, 0.4) is 0 Å². The molecule has 2 rings (SSSR count). The first-order valence-corrected chi connectivity index (χ1v) is 7.26. The van der Waals surface area contributed by atoms with Crippen LogP contribution >= 0.6 is 0 Å². The highest BCUT2D eigenvalue weighted by molar-refractivity contribution is 5.59. The fourth-order valence-electron chi connectivity index (χ4n) is 2.71. The van der Waals surface area contributed by atoms with Crippen LogP contribution in [-0.2, 0) is 7.05 Å². The van der Waals surface area contributed by atoms with Crippen LogP contribution in [0.25, 0.3) is 0 Å². The van der Waals surface area contributed by atoms with Gasteiger partial charge in [-0.2, -0.15) is 5.10 Å². The van der Waals surface area contributed by atoms with Crippen molar-refractivity contribution >= 4 is 5.69 Å². The zero-order valence-corrected chi connectivity index (χ0v) is 13.4. The number of hydrogen-bond acceptors (Lipinski definition) is 2. The normalized spacial score (nSPS) is 12.8. The van der Waals surface area contributed by atoms with Gasteiger partial charge in [0.1, 0.15) is 0 Å². The average Bonchev–Trinajstić information content (AvgIpc) is 2.70. The molecule has 108 valence electrons. The van der Waals surface area contributed by atoms with E-state index >= 15 is 0 Å². The van der Waals surface area contributed by atoms with Gasteiger partial charge in [-0.1, -0.05) is 32.0 Å². The lowest BCUT2D eigenvalue weighted by Crippen LogP contribution is -2.12. The third kappa shape index (κ3) is 2.87. The number of anilines is 1. The Morgan fingerprint density at radius 2 is 1.80 bits per heavy atom. The Morgan fingerprint density at radius 3 is 2.35 bits per heavy atom. The minimum Gasteiger partial charge on any atom is -0.376 e. The molecule has 1 N–H and O–H groups in total. The van der Waals surface area contributed by atoms with E-state index in [0.29, 0.717) is 5.92 Å². The lowest BCUT2D eigenvalue weighted by molar-refractivity contribution is 0.716. The quantitative estimate of drug-likeness (QED) is 0.896. The number of hydrogen-bond donors (Lipinski definition) is 1. The van der Waals surface area contributed by atoms with E-state index < -0.39 is 0 Å². The van der Waals surface area contributed by atoms with Crippen molar-refractivity contribution in [3.8, 4) is 0 Å². The maximum Gasteiger partial charge on any atom is 0.0873 e. The molecule has 0 amide bonds. The molecule has 0 saturated carbocycles. The fraction of sp³-hybridized carbons (Fsp3) is 0.471. The lowest BCUT2D eigenvalue weighted by Gasteiger charge is -2.21. The zero-order chi connectivity index (χ0) is 14.9. The highest BCUT2D eigenvalue weighted by atomic mass is 15.3. The van der Waals surface area contributed by atoms with Crippen molar-refractivity contribution in [1.82, 2.24) is 9.78 Å². The smallest absolute Gasteiger partial charge is 0.0873 e. The van der Waals surface area contributed by atoms with Gasteiger partial charge in [0.25, 0.3) is 0 Å². The number of aryl methyl sites for hydroxylation is 3. The van der Waals surface area contributed by atoms with E-state index in [4.69, 9.17) is 0 Å². The number of nitrogens with zero attached hydrogens (tertiary/aromatic N) is 2. The third-order valence-electron chi connectivity index (χ3n) is 3.75. The maximum atomic E-state index is 4.56. The van der Waals surface area contributed by atoms with E-state index in [1.54, 1.807) is 0 Å². The number of nitrogens with one attached hydrogen (secondary N) is 1. The lowest BCUT2D eigenvalue weighted by atomic mass is 9.97. The summed E-state index contributed by atoms with van der Waals surface area (Å²) < 4.78 is 1.88. The summed E-state index contributed by atoms with van der Waals surface area (Å²) in [5.41, 5.74) is 6.25. The summed E-state index contributed by atoms with van der Waals surface area (Å²) >= 11 is 0. The van der Waals surface area contributed by atoms with Crippen LogP contribution in [0.15, 0.2) is 24.4 Å². The summed E-state index contributed by atoms with van der Waals surface area (Å²) in [4.78, 5) is 0. The van der Waals surface area contributed by atoms with E-state index in [1.165, 1.54) is 22.4 Å². The van der Waals surface area contributed by atoms with Gasteiger partial charge in [0, 0.05) is 18.9 Å². The van der Waals surface area contributed by atoms with E-state index in [9.17, 15) is 0 Å². The number of para-hydroxylation sites is 1. The molecule has 20 heavy (non-hydrogen) atoms. The van der Waals surface area contributed by atoms with Crippen LogP contribution in [0.1, 0.15) is 55.1 Å². The minimum absolute atomic E-state index is 0.204. The minimum atomic E-state index is 0.204. The number of aromatic nitrogens is 2. The van der Waals surface area contributed by atoms with Crippen LogP contribution in [0.4, 0.5) is 5.69 Å². The molecule has 0 aliphatic rings. The van der Waals surface area contributed by atoms with E-state index in [2.05, 4.69) is 69.4 Å². The van der Waals surface area contributed by atoms with Crippen molar-refractivity contribution < 1.29 is 0 Å². The summed E-state index contributed by atoms with van der Waals surface area (Å²) in [5, 5.41) is 8.22. The summed E-state index contributed by atoms with van der Waals surface area (Å²) in [6.45, 7) is 10.9. The first-order chi connectivity index (χ1) is 9.40. The summed E-state index contributed by atoms with van der Waals surface area (Å²) in [6, 6.07) is 6.70. The van der Waals surface area contributed by atoms with Crippen LogP contribution in [0.2, 0.25) is 0 Å². The van der Waals surface area contributed by atoms with Crippen LogP contribution in [-0.4, -0.2) is 9.78 Å². The van der Waals surface area contributed by atoms with Gasteiger partial charge < -0.3 is 5.32 Å². The van der Waals surface area contributed by atoms with E-state index in [1.807, 2.05) is 11.7 Å². The topological polar surface area (TPSA) is 29.9 Å². The van der Waals surface area contributed by atoms with Gasteiger partial charge in [-0.25, -0.2) is 0 Å². The van der Waals surface area contributed by atoms with Crippen molar-refractivity contribution in [3.05, 3.63) is 46.8 Å². The first-order valence-electron chi connectivity index (χ1n) is 7.26. The number of benzene rings is 1. The third-order valence-corrected chi connectivity index (χ3v) is 3.75. The zero-order valence-electron chi connectivity index (χ0n) is 13.4. The molecule has 1 unspecified atom stereocenters. The van der Waals surface area contributed by atoms with Gasteiger partial charge in [0.15, 0.2) is 0 Å². The van der Waals surface area contributed by atoms with E-state index in [0.717, 1.165) is 5.69 Å². The van der Waals surface area contributed by atoms with Crippen molar-refractivity contribution in [3.63, 3.8) is 0 Å². The standard InChI is InChI=1S/C17H25N3/c1-11(2)15-9-7-8-12(3)17(15)18-14(5)16-13(4)10-20(6)19-16/h7-11,14,18H,1-6H3. The monoisotopic (exact) mass is 271 g/mol. The molecule has 1 aromatic heterocycles. The molecule has 0 bridgehead atoms. The van der Waals surface area contributed by atoms with Gasteiger partial charge in [-0.15, -0.1) is 0 Å². The highest BCUT2D eigenvalue weighted by Crippen LogP contribution is 2.30. The maximum absolute atomic E-state index is 4.56. The van der Waals surface area contributed by atoms with Crippen molar-refractivity contribution in [2.75, 3.05) is 5.32 Å². The SMILES string of the molecule is Cc1cn(C)nc1C(C)Nc1c(C)cccc1C(C)C. The molecule has 3 nitrogen and oxygen atoms in total. The van der Waals surface area contributed by atoms with Gasteiger partial charge in [0.05, 0.1) is 11.7 Å². The summed E-state index contributed by atoms with van der Waals surface area (Å²) in [6.07, 6.45) is 2.06. The molecule has 0 fully saturated rings. The molecule has 1 atom stereocenters. The fourth-order valence-corrected chi connectivity index (χ4v) is 2.71. The molecule has 1 aromatic carbocycles. The predicted octanol–water partition coefficient (Wildman–Crippen LogP) is 4.33. The Kier molecular flexibility index (Phi) is 4.17. The second-order valence-electron chi connectivity index (χ2n) is 5.93. The molecular formula is C17H25N3. The Morgan fingerprint density at radius 1 is 1.10 bits per heavy atom. The summed E-state index contributed by atoms with van der Waals surface area (Å²) in [7, 11) is 1.97. The molecule has 0 aliphatic heterocycles. The summed E-state index contributed by atoms with van der Waals surface area (Å²) in [5.74, 6) is 0.509. The molecule has 0 saturated heterocycles. The molecule has 1 heterocycles. The molecule has 2 aromatic rings. The van der Waals surface area contributed by atoms with Gasteiger partial charge in [0.2, 0.25) is 0 Å². The molecule has 0 aliphatic carbocycles. The van der Waals surface area contributed by atoms with Gasteiger partial charge in [-0.05, 0) is 43.4 Å². The second kappa shape index (κ2) is 5.70. The average molecular weight is 271 g/mol. The molecule has 0 spiro atoms. The highest BCUT2D eigenvalue weighted by Gasteiger charge is 2.16. The Bertz CT molecular complexity index is 596. The Hall–Kier alpha value is -1.77. The predicted molar refractivity (Wildman–Crippen MR) is 85.3 cm³/mol. The van der Waals surface area contributed by atoms with Gasteiger partial charge in [-0.3, -0.25) is 4.68 Å².